The van der Waals surface area contributed by atoms with Gasteiger partial charge in [-0.15, -0.1) is 10.2 Å². The number of carbonyl (C=O) groups is 1. The molecule has 0 fully saturated rings. The molecule has 0 saturated heterocycles. The normalized spacial score (nSPS) is 12.2. The fourth-order valence-electron chi connectivity index (χ4n) is 1.46. The van der Waals surface area contributed by atoms with Crippen LogP contribution in [-0.4, -0.2) is 16.1 Å². The number of halogens is 3. The van der Waals surface area contributed by atoms with Crippen molar-refractivity contribution in [3.63, 3.8) is 0 Å². The lowest BCUT2D eigenvalue weighted by Crippen LogP contribution is -2.12. The van der Waals surface area contributed by atoms with E-state index < -0.39 is 5.91 Å². The van der Waals surface area contributed by atoms with E-state index in [0.29, 0.717) is 22.1 Å². The van der Waals surface area contributed by atoms with E-state index in [9.17, 15) is 4.79 Å². The Labute approximate surface area is 135 Å². The average Bonchev–Trinajstić information content (AvgIpc) is 3.02. The Morgan fingerprint density at radius 1 is 1.10 bits per heavy atom. The van der Waals surface area contributed by atoms with Crippen molar-refractivity contribution in [3.8, 4) is 0 Å². The van der Waals surface area contributed by atoms with Crippen molar-refractivity contribution in [1.82, 2.24) is 10.2 Å². The summed E-state index contributed by atoms with van der Waals surface area (Å²) in [5.74, 6) is -0.479. The maximum absolute atomic E-state index is 12.0. The maximum Gasteiger partial charge on any atom is 0.286 e. The van der Waals surface area contributed by atoms with Gasteiger partial charge in [0.05, 0.1) is 27.1 Å². The number of nitrogens with zero attached hydrogens (tertiary/aromatic N) is 4. The fraction of sp³-hybridized carbons (Fsp3) is 0. The second-order valence-electron chi connectivity index (χ2n) is 3.49. The van der Waals surface area contributed by atoms with Gasteiger partial charge in [-0.3, -0.25) is 4.79 Å². The fourth-order valence-corrected chi connectivity index (χ4v) is 3.34. The number of benzene rings is 1. The van der Waals surface area contributed by atoms with E-state index in [0.717, 1.165) is 22.7 Å². The molecule has 20 heavy (non-hydrogen) atoms. The molecular formula is C9H2Cl3N5OS2. The summed E-state index contributed by atoms with van der Waals surface area (Å²) in [4.78, 5) is 12.0. The molecule has 2 heterocycles. The zero-order valence-electron chi connectivity index (χ0n) is 9.22. The first kappa shape index (κ1) is 13.9. The van der Waals surface area contributed by atoms with E-state index in [1.165, 1.54) is 6.07 Å². The van der Waals surface area contributed by atoms with Gasteiger partial charge in [-0.05, 0) is 17.7 Å². The third-order valence-electron chi connectivity index (χ3n) is 2.28. The van der Waals surface area contributed by atoms with Crippen LogP contribution in [0.2, 0.25) is 14.5 Å². The molecule has 0 atom stereocenters. The molecule has 0 bridgehead atoms. The Bertz CT molecular complexity index is 799. The number of aromatic nitrogens is 2. The van der Waals surface area contributed by atoms with Gasteiger partial charge in [0.2, 0.25) is 9.47 Å². The van der Waals surface area contributed by atoms with E-state index >= 15 is 0 Å². The van der Waals surface area contributed by atoms with Gasteiger partial charge < -0.3 is 5.32 Å². The molecule has 0 spiro atoms. The molecule has 3 rings (SSSR count). The monoisotopic (exact) mass is 365 g/mol. The lowest BCUT2D eigenvalue weighted by Gasteiger charge is -2.09. The highest BCUT2D eigenvalue weighted by molar-refractivity contribution is 7.58. The predicted molar refractivity (Wildman–Crippen MR) is 80.9 cm³/mol. The Hall–Kier alpha value is -1.06. The van der Waals surface area contributed by atoms with Crippen molar-refractivity contribution in [2.75, 3.05) is 5.32 Å². The lowest BCUT2D eigenvalue weighted by atomic mass is 10.2. The molecule has 102 valence electrons. The van der Waals surface area contributed by atoms with Crippen molar-refractivity contribution in [1.29, 1.82) is 0 Å². The molecule has 0 unspecified atom stereocenters. The van der Waals surface area contributed by atoms with Gasteiger partial charge in [0.1, 0.15) is 11.4 Å². The SMILES string of the molecule is O=C(Nc1c(Cl)cc(Cl)c2c1N=S=N2)c1nnc(Cl)s1. The largest absolute Gasteiger partial charge is 0.317 e. The molecule has 1 aliphatic heterocycles. The maximum atomic E-state index is 12.0. The van der Waals surface area contributed by atoms with E-state index in [-0.39, 0.29) is 14.5 Å². The molecule has 0 saturated carbocycles. The minimum Gasteiger partial charge on any atom is -0.317 e. The summed E-state index contributed by atoms with van der Waals surface area (Å²) in [5.41, 5.74) is 1.24. The standard InChI is InChI=1S/C9H2Cl3N5OS2/c10-2-1-3(11)5-6(17-20-16-5)4(2)13-7(18)8-14-15-9(12)19-8/h1H,(H,13,18). The smallest absolute Gasteiger partial charge is 0.286 e. The topological polar surface area (TPSA) is 79.6 Å². The Kier molecular flexibility index (Phi) is 3.74. The number of rotatable bonds is 2. The minimum atomic E-state index is -0.479. The van der Waals surface area contributed by atoms with Crippen LogP contribution in [0.15, 0.2) is 14.8 Å². The molecule has 1 aromatic heterocycles. The molecule has 1 N–H and O–H groups in total. The van der Waals surface area contributed by atoms with Gasteiger partial charge in [0.15, 0.2) is 0 Å². The number of anilines is 1. The Morgan fingerprint density at radius 2 is 1.85 bits per heavy atom. The molecule has 1 aliphatic rings. The van der Waals surface area contributed by atoms with Gasteiger partial charge in [0, 0.05) is 0 Å². The number of hydrogen-bond acceptors (Lipinski definition) is 6. The van der Waals surface area contributed by atoms with Crippen LogP contribution in [0.3, 0.4) is 0 Å². The van der Waals surface area contributed by atoms with Gasteiger partial charge in [0.25, 0.3) is 5.91 Å². The van der Waals surface area contributed by atoms with Crippen LogP contribution in [0, 0.1) is 0 Å². The molecule has 0 radical (unpaired) electrons. The quantitative estimate of drug-likeness (QED) is 0.726. The summed E-state index contributed by atoms with van der Waals surface area (Å²) >= 11 is 19.7. The van der Waals surface area contributed by atoms with Crippen molar-refractivity contribution in [2.45, 2.75) is 0 Å². The Balaban J connectivity index is 1.98. The van der Waals surface area contributed by atoms with E-state index in [4.69, 9.17) is 34.8 Å². The molecule has 6 nitrogen and oxygen atoms in total. The second-order valence-corrected chi connectivity index (χ2v) is 6.39. The third kappa shape index (κ3) is 2.45. The number of hydrogen-bond donors (Lipinski definition) is 1. The number of fused-ring (bicyclic) bond motifs is 1. The molecule has 0 aliphatic carbocycles. The van der Waals surface area contributed by atoms with Gasteiger partial charge >= 0.3 is 0 Å². The van der Waals surface area contributed by atoms with Crippen LogP contribution < -0.4 is 5.32 Å². The van der Waals surface area contributed by atoms with Crippen molar-refractivity contribution in [3.05, 3.63) is 25.6 Å². The molecule has 2 aromatic rings. The van der Waals surface area contributed by atoms with E-state index in [2.05, 4.69) is 24.2 Å². The second kappa shape index (κ2) is 5.38. The average molecular weight is 367 g/mol. The van der Waals surface area contributed by atoms with Crippen LogP contribution in [-0.2, 0) is 11.4 Å². The summed E-state index contributed by atoms with van der Waals surface area (Å²) in [5, 5.41) is 10.6. The van der Waals surface area contributed by atoms with Crippen molar-refractivity contribution >= 4 is 80.5 Å². The summed E-state index contributed by atoms with van der Waals surface area (Å²) in [6, 6.07) is 1.50. The first-order chi connectivity index (χ1) is 9.56. The summed E-state index contributed by atoms with van der Waals surface area (Å²) in [7, 11) is 0. The van der Waals surface area contributed by atoms with Gasteiger partial charge in [-0.25, -0.2) is 0 Å². The van der Waals surface area contributed by atoms with Gasteiger partial charge in [-0.2, -0.15) is 8.73 Å². The van der Waals surface area contributed by atoms with Crippen molar-refractivity contribution in [2.24, 2.45) is 8.73 Å². The molecule has 11 heteroatoms. The zero-order valence-corrected chi connectivity index (χ0v) is 13.1. The Morgan fingerprint density at radius 3 is 2.55 bits per heavy atom. The first-order valence-corrected chi connectivity index (χ1v) is 7.65. The van der Waals surface area contributed by atoms with E-state index in [1.54, 1.807) is 0 Å². The first-order valence-electron chi connectivity index (χ1n) is 4.97. The highest BCUT2D eigenvalue weighted by Crippen LogP contribution is 2.47. The number of amides is 1. The molecule has 1 aromatic carbocycles. The predicted octanol–water partition coefficient (Wildman–Crippen LogP) is 4.48. The summed E-state index contributed by atoms with van der Waals surface area (Å²) in [6.45, 7) is 0. The highest BCUT2D eigenvalue weighted by Gasteiger charge is 2.22. The number of carbonyl (C=O) groups excluding carboxylic acids is 1. The highest BCUT2D eigenvalue weighted by atomic mass is 35.5. The summed E-state index contributed by atoms with van der Waals surface area (Å²) < 4.78 is 8.31. The zero-order chi connectivity index (χ0) is 14.3. The third-order valence-corrected chi connectivity index (χ3v) is 4.41. The van der Waals surface area contributed by atoms with Crippen molar-refractivity contribution < 1.29 is 4.79 Å². The van der Waals surface area contributed by atoms with E-state index in [1.807, 2.05) is 0 Å². The minimum absolute atomic E-state index is 0.123. The summed E-state index contributed by atoms with van der Waals surface area (Å²) in [6.07, 6.45) is 0. The molecular weight excluding hydrogens is 365 g/mol. The van der Waals surface area contributed by atoms with Crippen LogP contribution in [0.5, 0.6) is 0 Å². The van der Waals surface area contributed by atoms with Gasteiger partial charge in [-0.1, -0.05) is 34.5 Å². The lowest BCUT2D eigenvalue weighted by molar-refractivity contribution is 0.102. The van der Waals surface area contributed by atoms with Crippen LogP contribution in [0.25, 0.3) is 0 Å². The number of nitrogens with one attached hydrogen (secondary N) is 1. The van der Waals surface area contributed by atoms with Crippen LogP contribution >= 0.6 is 46.1 Å². The molecule has 1 amide bonds. The van der Waals surface area contributed by atoms with Crippen LogP contribution in [0.4, 0.5) is 17.1 Å². The van der Waals surface area contributed by atoms with Crippen LogP contribution in [0.1, 0.15) is 9.80 Å².